The number of nitrogen functional groups attached to an aromatic ring is 1. The Morgan fingerprint density at radius 3 is 2.45 bits per heavy atom. The van der Waals surface area contributed by atoms with E-state index in [-0.39, 0.29) is 5.41 Å². The summed E-state index contributed by atoms with van der Waals surface area (Å²) in [5.74, 6) is 0. The Morgan fingerprint density at radius 1 is 1.25 bits per heavy atom. The Morgan fingerprint density at radius 2 is 1.90 bits per heavy atom. The van der Waals surface area contributed by atoms with E-state index in [0.29, 0.717) is 0 Å². The molecule has 108 valence electrons. The van der Waals surface area contributed by atoms with Gasteiger partial charge in [-0.05, 0) is 31.3 Å². The predicted molar refractivity (Wildman–Crippen MR) is 87.4 cm³/mol. The topological polar surface area (TPSA) is 77.8 Å². The lowest BCUT2D eigenvalue weighted by Crippen LogP contribution is -2.10. The molecular formula is C15H22N4S. The molecule has 0 aliphatic carbocycles. The normalized spacial score (nSPS) is 13.7. The van der Waals surface area contributed by atoms with Crippen LogP contribution in [0, 0.1) is 5.41 Å². The molecule has 0 amide bonds. The second-order valence-electron chi connectivity index (χ2n) is 6.38. The highest BCUT2D eigenvalue weighted by molar-refractivity contribution is 7.23. The number of hydrogen-bond donors (Lipinski definition) is 2. The molecule has 4 N–H and O–H groups in total. The molecule has 0 saturated heterocycles. The first-order valence-corrected chi connectivity index (χ1v) is 7.47. The zero-order valence-corrected chi connectivity index (χ0v) is 13.6. The lowest BCUT2D eigenvalue weighted by molar-refractivity contribution is 0.408. The number of nitrogens with zero attached hydrogens (tertiary/aromatic N) is 2. The molecule has 0 fully saturated rings. The summed E-state index contributed by atoms with van der Waals surface area (Å²) in [6.07, 6.45) is 2.52. The average Bonchev–Trinajstić information content (AvgIpc) is 2.63. The van der Waals surface area contributed by atoms with Gasteiger partial charge < -0.3 is 11.5 Å². The Hall–Kier alpha value is -1.62. The number of allylic oxidation sites excluding steroid dienone is 2. The smallest absolute Gasteiger partial charge is 0.116 e. The minimum absolute atomic E-state index is 0.175. The Kier molecular flexibility index (Phi) is 3.73. The molecule has 0 unspecified atom stereocenters. The molecular weight excluding hydrogens is 268 g/mol. The summed E-state index contributed by atoms with van der Waals surface area (Å²) in [5, 5.41) is 0.762. The third kappa shape index (κ3) is 2.77. The van der Waals surface area contributed by atoms with Gasteiger partial charge in [-0.25, -0.2) is 9.97 Å². The highest BCUT2D eigenvalue weighted by Crippen LogP contribution is 2.39. The molecule has 0 aliphatic heterocycles. The highest BCUT2D eigenvalue weighted by Gasteiger charge is 2.20. The van der Waals surface area contributed by atoms with Gasteiger partial charge >= 0.3 is 0 Å². The number of thiophene rings is 1. The highest BCUT2D eigenvalue weighted by atomic mass is 32.1. The van der Waals surface area contributed by atoms with Gasteiger partial charge in [0.25, 0.3) is 0 Å². The molecule has 0 bridgehead atoms. The van der Waals surface area contributed by atoms with Gasteiger partial charge in [0, 0.05) is 11.3 Å². The van der Waals surface area contributed by atoms with E-state index < -0.39 is 0 Å². The first-order valence-electron chi connectivity index (χ1n) is 6.66. The van der Waals surface area contributed by atoms with Gasteiger partial charge in [0.2, 0.25) is 0 Å². The number of rotatable bonds is 2. The second kappa shape index (κ2) is 5.05. The van der Waals surface area contributed by atoms with E-state index in [1.54, 1.807) is 17.7 Å². The van der Waals surface area contributed by atoms with Gasteiger partial charge in [-0.1, -0.05) is 20.8 Å². The maximum atomic E-state index is 6.19. The van der Waals surface area contributed by atoms with E-state index >= 15 is 0 Å². The van der Waals surface area contributed by atoms with E-state index in [2.05, 4.69) is 30.7 Å². The summed E-state index contributed by atoms with van der Waals surface area (Å²) >= 11 is 1.55. The lowest BCUT2D eigenvalue weighted by atomic mass is 9.90. The molecule has 0 radical (unpaired) electrons. The van der Waals surface area contributed by atoms with Crippen molar-refractivity contribution >= 4 is 32.1 Å². The molecule has 2 heterocycles. The molecule has 0 saturated carbocycles. The van der Waals surface area contributed by atoms with Gasteiger partial charge in [-0.2, -0.15) is 0 Å². The van der Waals surface area contributed by atoms with Gasteiger partial charge in [0.1, 0.15) is 6.33 Å². The molecule has 2 aromatic rings. The quantitative estimate of drug-likeness (QED) is 0.886. The summed E-state index contributed by atoms with van der Waals surface area (Å²) in [6, 6.07) is 0. The van der Waals surface area contributed by atoms with Crippen molar-refractivity contribution in [3.63, 3.8) is 0 Å². The number of aromatic nitrogens is 2. The van der Waals surface area contributed by atoms with E-state index in [1.807, 2.05) is 13.8 Å². The third-order valence-electron chi connectivity index (χ3n) is 3.24. The third-order valence-corrected chi connectivity index (χ3v) is 4.29. The zero-order chi connectivity index (χ0) is 15.1. The molecule has 2 aromatic heterocycles. The lowest BCUT2D eigenvalue weighted by Gasteiger charge is -2.17. The van der Waals surface area contributed by atoms with Crippen LogP contribution in [0.4, 0.5) is 5.00 Å². The minimum atomic E-state index is 0.175. The molecule has 2 rings (SSSR count). The number of hydrogen-bond acceptors (Lipinski definition) is 5. The van der Waals surface area contributed by atoms with E-state index in [9.17, 15) is 0 Å². The van der Waals surface area contributed by atoms with E-state index in [1.165, 1.54) is 0 Å². The summed E-state index contributed by atoms with van der Waals surface area (Å²) in [5.41, 5.74) is 17.0. The number of anilines is 1. The van der Waals surface area contributed by atoms with Crippen molar-refractivity contribution < 1.29 is 0 Å². The Bertz CT molecular complexity index is 673. The number of nitrogens with two attached hydrogens (primary N) is 2. The van der Waals surface area contributed by atoms with Crippen molar-refractivity contribution in [3.05, 3.63) is 23.3 Å². The van der Waals surface area contributed by atoms with Gasteiger partial charge in [-0.15, -0.1) is 11.3 Å². The van der Waals surface area contributed by atoms with Crippen molar-refractivity contribution in [1.29, 1.82) is 0 Å². The fraction of sp³-hybridized carbons (Fsp3) is 0.467. The van der Waals surface area contributed by atoms with Crippen LogP contribution in [0.5, 0.6) is 0 Å². The summed E-state index contributed by atoms with van der Waals surface area (Å²) in [4.78, 5) is 8.87. The summed E-state index contributed by atoms with van der Waals surface area (Å²) < 4.78 is 1.08. The molecule has 0 aromatic carbocycles. The zero-order valence-electron chi connectivity index (χ0n) is 12.7. The van der Waals surface area contributed by atoms with Crippen LogP contribution in [-0.2, 0) is 6.42 Å². The van der Waals surface area contributed by atoms with Crippen molar-refractivity contribution in [2.75, 3.05) is 5.73 Å². The SMILES string of the molecule is C/C(N)=C(\C)c1c(N)sc2c(CC(C)(C)C)ncnc12. The minimum Gasteiger partial charge on any atom is -0.402 e. The number of fused-ring (bicyclic) bond motifs is 1. The molecule has 0 aliphatic rings. The first kappa shape index (κ1) is 14.8. The van der Waals surface area contributed by atoms with Crippen LogP contribution in [0.2, 0.25) is 0 Å². The van der Waals surface area contributed by atoms with E-state index in [0.717, 1.165) is 44.2 Å². The van der Waals surface area contributed by atoms with Crippen LogP contribution < -0.4 is 11.5 Å². The molecule has 0 atom stereocenters. The fourth-order valence-electron chi connectivity index (χ4n) is 2.16. The average molecular weight is 290 g/mol. The maximum absolute atomic E-state index is 6.19. The maximum Gasteiger partial charge on any atom is 0.116 e. The monoisotopic (exact) mass is 290 g/mol. The second-order valence-corrected chi connectivity index (χ2v) is 7.44. The van der Waals surface area contributed by atoms with Crippen LogP contribution >= 0.6 is 11.3 Å². The standard InChI is InChI=1S/C15H22N4S/c1-8(9(2)16)11-12-13(20-14(11)17)10(18-7-19-12)6-15(3,4)5/h7H,6,16-17H2,1-5H3/b9-8-. The fourth-order valence-corrected chi connectivity index (χ4v) is 3.23. The van der Waals surface area contributed by atoms with E-state index in [4.69, 9.17) is 11.5 Å². The van der Waals surface area contributed by atoms with Crippen LogP contribution in [0.25, 0.3) is 15.8 Å². The van der Waals surface area contributed by atoms with Crippen molar-refractivity contribution in [3.8, 4) is 0 Å². The van der Waals surface area contributed by atoms with Crippen LogP contribution in [0.3, 0.4) is 0 Å². The summed E-state index contributed by atoms with van der Waals surface area (Å²) in [7, 11) is 0. The Balaban J connectivity index is 2.68. The molecule has 20 heavy (non-hydrogen) atoms. The van der Waals surface area contributed by atoms with Gasteiger partial charge in [-0.3, -0.25) is 0 Å². The molecule has 5 heteroatoms. The van der Waals surface area contributed by atoms with Crippen molar-refractivity contribution in [2.45, 2.75) is 41.0 Å². The first-order chi connectivity index (χ1) is 9.20. The predicted octanol–water partition coefficient (Wildman–Crippen LogP) is 3.57. The van der Waals surface area contributed by atoms with Crippen LogP contribution in [0.15, 0.2) is 12.0 Å². The van der Waals surface area contributed by atoms with Gasteiger partial charge in [0.05, 0.1) is 20.9 Å². The Labute approximate surface area is 123 Å². The largest absolute Gasteiger partial charge is 0.402 e. The van der Waals surface area contributed by atoms with Gasteiger partial charge in [0.15, 0.2) is 0 Å². The molecule has 4 nitrogen and oxygen atoms in total. The molecule has 0 spiro atoms. The van der Waals surface area contributed by atoms with Crippen molar-refractivity contribution in [2.24, 2.45) is 11.1 Å². The summed E-state index contributed by atoms with van der Waals surface area (Å²) in [6.45, 7) is 10.5. The van der Waals surface area contributed by atoms with Crippen LogP contribution in [0.1, 0.15) is 45.9 Å². The van der Waals surface area contributed by atoms with Crippen molar-refractivity contribution in [1.82, 2.24) is 9.97 Å². The van der Waals surface area contributed by atoms with Crippen LogP contribution in [-0.4, -0.2) is 9.97 Å².